The summed E-state index contributed by atoms with van der Waals surface area (Å²) in [4.78, 5) is 0. The minimum Gasteiger partial charge on any atom is -0.392 e. The average Bonchev–Trinajstić information content (AvgIpc) is 2.31. The van der Waals surface area contributed by atoms with Gasteiger partial charge in [-0.1, -0.05) is 76.9 Å². The summed E-state index contributed by atoms with van der Waals surface area (Å²) >= 11 is 0. The highest BCUT2D eigenvalue weighted by Crippen LogP contribution is 2.11. The maximum absolute atomic E-state index is 8.54. The molecule has 1 N–H and O–H groups in total. The van der Waals surface area contributed by atoms with E-state index in [9.17, 15) is 0 Å². The highest BCUT2D eigenvalue weighted by atomic mass is 16.2. The molecular weight excluding hydrogens is 196 g/mol. The van der Waals surface area contributed by atoms with E-state index in [0.29, 0.717) is 0 Å². The van der Waals surface area contributed by atoms with E-state index >= 15 is 0 Å². The first kappa shape index (κ1) is 15.7. The maximum Gasteiger partial charge on any atom is 0.0612 e. The Bertz CT molecular complexity index is 140. The highest BCUT2D eigenvalue weighted by Gasteiger charge is 1.91. The molecule has 0 amide bonds. The highest BCUT2D eigenvalue weighted by molar-refractivity contribution is 4.80. The van der Waals surface area contributed by atoms with Gasteiger partial charge in [-0.05, 0) is 12.8 Å². The number of hydrogen-bond acceptors (Lipinski definition) is 1. The Labute approximate surface area is 102 Å². The summed E-state index contributed by atoms with van der Waals surface area (Å²) in [5.41, 5.74) is 0. The van der Waals surface area contributed by atoms with Gasteiger partial charge in [-0.3, -0.25) is 0 Å². The van der Waals surface area contributed by atoms with E-state index in [1.54, 1.807) is 0 Å². The van der Waals surface area contributed by atoms with Crippen molar-refractivity contribution in [3.05, 3.63) is 12.2 Å². The van der Waals surface area contributed by atoms with E-state index in [1.807, 2.05) is 6.08 Å². The lowest BCUT2D eigenvalue weighted by atomic mass is 10.1. The van der Waals surface area contributed by atoms with Gasteiger partial charge in [0.05, 0.1) is 6.61 Å². The van der Waals surface area contributed by atoms with Crippen molar-refractivity contribution in [2.24, 2.45) is 0 Å². The predicted octanol–water partition coefficient (Wildman–Crippen LogP) is 4.85. The first-order chi connectivity index (χ1) is 7.91. The van der Waals surface area contributed by atoms with Crippen LogP contribution in [0.5, 0.6) is 0 Å². The summed E-state index contributed by atoms with van der Waals surface area (Å²) < 4.78 is 0. The van der Waals surface area contributed by atoms with Crippen molar-refractivity contribution in [3.8, 4) is 0 Å². The van der Waals surface area contributed by atoms with Gasteiger partial charge in [0.15, 0.2) is 0 Å². The molecule has 0 rings (SSSR count). The molecule has 0 aliphatic rings. The zero-order valence-corrected chi connectivity index (χ0v) is 11.1. The number of aliphatic hydroxyl groups excluding tert-OH is 1. The average molecular weight is 226 g/mol. The summed E-state index contributed by atoms with van der Waals surface area (Å²) in [6.07, 6.45) is 19.0. The lowest BCUT2D eigenvalue weighted by Crippen LogP contribution is -1.81. The molecule has 0 aromatic rings. The summed E-state index contributed by atoms with van der Waals surface area (Å²) in [6.45, 7) is 2.46. The van der Waals surface area contributed by atoms with E-state index in [-0.39, 0.29) is 6.61 Å². The molecule has 0 fully saturated rings. The van der Waals surface area contributed by atoms with Crippen molar-refractivity contribution in [3.63, 3.8) is 0 Å². The minimum atomic E-state index is 0.192. The molecule has 0 aliphatic heterocycles. The second kappa shape index (κ2) is 14.7. The molecule has 0 bridgehead atoms. The molecule has 0 spiro atoms. The molecule has 1 heteroatoms. The molecule has 1 nitrogen and oxygen atoms in total. The van der Waals surface area contributed by atoms with Crippen molar-refractivity contribution in [1.82, 2.24) is 0 Å². The standard InChI is InChI=1S/C15H30O/c1-2-3-4-5-6-7-8-9-10-11-12-13-14-15-16/h13-14,16H,2-12,15H2,1H3/b14-13-. The molecule has 0 saturated heterocycles. The van der Waals surface area contributed by atoms with Gasteiger partial charge in [0.25, 0.3) is 0 Å². The van der Waals surface area contributed by atoms with E-state index in [4.69, 9.17) is 5.11 Å². The van der Waals surface area contributed by atoms with Crippen LogP contribution in [0.15, 0.2) is 12.2 Å². The number of aliphatic hydroxyl groups is 1. The van der Waals surface area contributed by atoms with Crippen LogP contribution in [0, 0.1) is 0 Å². The fraction of sp³-hybridized carbons (Fsp3) is 0.867. The van der Waals surface area contributed by atoms with Crippen LogP contribution < -0.4 is 0 Å². The fourth-order valence-corrected chi connectivity index (χ4v) is 1.94. The van der Waals surface area contributed by atoms with E-state index in [2.05, 4.69) is 13.0 Å². The molecule has 0 heterocycles. The zero-order chi connectivity index (χ0) is 11.9. The fourth-order valence-electron chi connectivity index (χ4n) is 1.94. The normalized spacial score (nSPS) is 11.4. The van der Waals surface area contributed by atoms with Crippen LogP contribution in [0.1, 0.15) is 77.6 Å². The third kappa shape index (κ3) is 13.7. The first-order valence-electron chi connectivity index (χ1n) is 7.17. The van der Waals surface area contributed by atoms with E-state index in [0.717, 1.165) is 6.42 Å². The first-order valence-corrected chi connectivity index (χ1v) is 7.17. The Morgan fingerprint density at radius 3 is 1.69 bits per heavy atom. The Morgan fingerprint density at radius 2 is 1.19 bits per heavy atom. The molecule has 0 radical (unpaired) electrons. The number of unbranched alkanes of at least 4 members (excludes halogenated alkanes) is 10. The summed E-state index contributed by atoms with van der Waals surface area (Å²) in [5.74, 6) is 0. The topological polar surface area (TPSA) is 20.2 Å². The molecule has 0 aromatic heterocycles. The summed E-state index contributed by atoms with van der Waals surface area (Å²) in [5, 5.41) is 8.54. The summed E-state index contributed by atoms with van der Waals surface area (Å²) in [6, 6.07) is 0. The number of rotatable bonds is 12. The van der Waals surface area contributed by atoms with Gasteiger partial charge in [-0.2, -0.15) is 0 Å². The van der Waals surface area contributed by atoms with Crippen molar-refractivity contribution in [2.45, 2.75) is 77.6 Å². The lowest BCUT2D eigenvalue weighted by molar-refractivity contribution is 0.342. The number of hydrogen-bond donors (Lipinski definition) is 1. The van der Waals surface area contributed by atoms with Gasteiger partial charge in [-0.25, -0.2) is 0 Å². The van der Waals surface area contributed by atoms with Crippen molar-refractivity contribution >= 4 is 0 Å². The summed E-state index contributed by atoms with van der Waals surface area (Å²) in [7, 11) is 0. The molecule has 16 heavy (non-hydrogen) atoms. The van der Waals surface area contributed by atoms with Gasteiger partial charge in [0.1, 0.15) is 0 Å². The molecule has 0 unspecified atom stereocenters. The van der Waals surface area contributed by atoms with Gasteiger partial charge in [-0.15, -0.1) is 0 Å². The van der Waals surface area contributed by atoms with Crippen LogP contribution in [0.2, 0.25) is 0 Å². The Morgan fingerprint density at radius 1 is 0.688 bits per heavy atom. The molecule has 0 atom stereocenters. The molecule has 0 aromatic carbocycles. The predicted molar refractivity (Wildman–Crippen MR) is 72.7 cm³/mol. The third-order valence-electron chi connectivity index (χ3n) is 3.00. The smallest absolute Gasteiger partial charge is 0.0612 e. The second-order valence-electron chi connectivity index (χ2n) is 4.62. The van der Waals surface area contributed by atoms with Crippen molar-refractivity contribution < 1.29 is 5.11 Å². The van der Waals surface area contributed by atoms with Gasteiger partial charge < -0.3 is 5.11 Å². The van der Waals surface area contributed by atoms with Gasteiger partial charge in [0.2, 0.25) is 0 Å². The quantitative estimate of drug-likeness (QED) is 0.373. The van der Waals surface area contributed by atoms with Gasteiger partial charge in [0, 0.05) is 0 Å². The van der Waals surface area contributed by atoms with Crippen LogP contribution in [-0.4, -0.2) is 11.7 Å². The molecule has 0 saturated carbocycles. The second-order valence-corrected chi connectivity index (χ2v) is 4.62. The minimum absolute atomic E-state index is 0.192. The van der Waals surface area contributed by atoms with Crippen LogP contribution in [0.3, 0.4) is 0 Å². The van der Waals surface area contributed by atoms with Crippen LogP contribution in [0.4, 0.5) is 0 Å². The third-order valence-corrected chi connectivity index (χ3v) is 3.00. The molecule has 96 valence electrons. The monoisotopic (exact) mass is 226 g/mol. The Kier molecular flexibility index (Phi) is 14.4. The van der Waals surface area contributed by atoms with Crippen LogP contribution >= 0.6 is 0 Å². The van der Waals surface area contributed by atoms with Crippen LogP contribution in [-0.2, 0) is 0 Å². The van der Waals surface area contributed by atoms with E-state index < -0.39 is 0 Å². The van der Waals surface area contributed by atoms with Crippen molar-refractivity contribution in [2.75, 3.05) is 6.61 Å². The molecule has 0 aliphatic carbocycles. The SMILES string of the molecule is CCCCCCCCCCCC/C=C\CO. The van der Waals surface area contributed by atoms with Crippen LogP contribution in [0.25, 0.3) is 0 Å². The lowest BCUT2D eigenvalue weighted by Gasteiger charge is -2.01. The Hall–Kier alpha value is -0.300. The van der Waals surface area contributed by atoms with E-state index in [1.165, 1.54) is 64.2 Å². The van der Waals surface area contributed by atoms with Crippen molar-refractivity contribution in [1.29, 1.82) is 0 Å². The molecular formula is C15H30O. The largest absolute Gasteiger partial charge is 0.392 e. The number of allylic oxidation sites excluding steroid dienone is 1. The maximum atomic E-state index is 8.54. The Balaban J connectivity index is 2.90. The zero-order valence-electron chi connectivity index (χ0n) is 11.1. The van der Waals surface area contributed by atoms with Gasteiger partial charge >= 0.3 is 0 Å².